The number of aromatic nitrogens is 3. The van der Waals surface area contributed by atoms with Gasteiger partial charge in [0.1, 0.15) is 10.7 Å². The van der Waals surface area contributed by atoms with Gasteiger partial charge in [0.05, 0.1) is 0 Å². The van der Waals surface area contributed by atoms with E-state index in [1.165, 1.54) is 6.07 Å². The lowest BCUT2D eigenvalue weighted by Crippen LogP contribution is -2.26. The van der Waals surface area contributed by atoms with Crippen LogP contribution in [0.4, 0.5) is 5.69 Å². The molecule has 1 aliphatic rings. The smallest absolute Gasteiger partial charge is 0.285 e. The van der Waals surface area contributed by atoms with E-state index in [1.807, 2.05) is 7.05 Å². The van der Waals surface area contributed by atoms with Crippen LogP contribution < -0.4 is 10.6 Å². The SMILES string of the molecule is Cn1c(CCNC(=O)c2ccc(NC3=NS(=O)(=O)c4ccccc43)cc2)n[nH]c1=S. The zero-order chi connectivity index (χ0) is 21.3. The first kappa shape index (κ1) is 20.0. The van der Waals surface area contributed by atoms with Crippen LogP contribution >= 0.6 is 12.2 Å². The van der Waals surface area contributed by atoms with E-state index in [2.05, 4.69) is 25.2 Å². The van der Waals surface area contributed by atoms with Crippen molar-refractivity contribution in [1.82, 2.24) is 20.1 Å². The maximum atomic E-state index is 12.3. The molecule has 1 amide bonds. The number of hydrogen-bond donors (Lipinski definition) is 3. The summed E-state index contributed by atoms with van der Waals surface area (Å²) in [6.07, 6.45) is 0.544. The molecule has 30 heavy (non-hydrogen) atoms. The summed E-state index contributed by atoms with van der Waals surface area (Å²) in [4.78, 5) is 12.5. The molecule has 11 heteroatoms. The molecule has 0 bridgehead atoms. The fourth-order valence-electron chi connectivity index (χ4n) is 3.03. The summed E-state index contributed by atoms with van der Waals surface area (Å²) in [5.41, 5.74) is 1.63. The maximum Gasteiger partial charge on any atom is 0.285 e. The zero-order valence-corrected chi connectivity index (χ0v) is 17.5. The third kappa shape index (κ3) is 3.89. The number of H-pyrrole nitrogens is 1. The standard InChI is InChI=1S/C19H18N6O3S2/c1-25-16(22-23-19(25)29)10-11-20-18(26)12-6-8-13(9-7-12)21-17-14-4-2-3-5-15(14)30(27,28)24-17/h2-9H,10-11H2,1H3,(H,20,26)(H,21,24)(H,23,29). The molecule has 4 rings (SSSR count). The lowest BCUT2D eigenvalue weighted by molar-refractivity contribution is 0.0954. The molecule has 0 atom stereocenters. The van der Waals surface area contributed by atoms with Gasteiger partial charge in [-0.2, -0.15) is 13.5 Å². The number of anilines is 1. The molecule has 3 N–H and O–H groups in total. The van der Waals surface area contributed by atoms with Gasteiger partial charge < -0.3 is 15.2 Å². The van der Waals surface area contributed by atoms with Crippen LogP contribution in [0.25, 0.3) is 0 Å². The Balaban J connectivity index is 1.39. The number of carbonyl (C=O) groups is 1. The minimum Gasteiger partial charge on any atom is -0.352 e. The normalized spacial score (nSPS) is 14.1. The average Bonchev–Trinajstić information content (AvgIpc) is 3.19. The molecule has 0 fully saturated rings. The summed E-state index contributed by atoms with van der Waals surface area (Å²) in [6, 6.07) is 13.3. The molecular formula is C19H18N6O3S2. The van der Waals surface area contributed by atoms with E-state index in [1.54, 1.807) is 47.0 Å². The molecule has 0 saturated carbocycles. The summed E-state index contributed by atoms with van der Waals surface area (Å²) in [6.45, 7) is 0.414. The summed E-state index contributed by atoms with van der Waals surface area (Å²) in [5.74, 6) is 0.799. The number of carbonyl (C=O) groups excluding carboxylic acids is 1. The van der Waals surface area contributed by atoms with Gasteiger partial charge in [-0.15, -0.1) is 4.40 Å². The first-order valence-electron chi connectivity index (χ1n) is 9.05. The Hall–Kier alpha value is -3.31. The molecule has 2 heterocycles. The maximum absolute atomic E-state index is 12.3. The summed E-state index contributed by atoms with van der Waals surface area (Å²) < 4.78 is 30.3. The monoisotopic (exact) mass is 442 g/mol. The van der Waals surface area contributed by atoms with Crippen molar-refractivity contribution in [2.24, 2.45) is 11.4 Å². The number of benzene rings is 2. The lowest BCUT2D eigenvalue weighted by atomic mass is 10.1. The van der Waals surface area contributed by atoms with Crippen molar-refractivity contribution >= 4 is 39.7 Å². The summed E-state index contributed by atoms with van der Waals surface area (Å²) in [5, 5.41) is 12.6. The molecule has 1 aliphatic heterocycles. The predicted octanol–water partition coefficient (Wildman–Crippen LogP) is 2.01. The third-order valence-corrected chi connectivity index (χ3v) is 6.35. The highest BCUT2D eigenvalue weighted by Crippen LogP contribution is 2.26. The van der Waals surface area contributed by atoms with Crippen LogP contribution in [-0.2, 0) is 23.5 Å². The van der Waals surface area contributed by atoms with Crippen LogP contribution in [-0.4, -0.2) is 41.5 Å². The zero-order valence-electron chi connectivity index (χ0n) is 15.9. The van der Waals surface area contributed by atoms with Gasteiger partial charge in [0, 0.05) is 36.8 Å². The highest BCUT2D eigenvalue weighted by atomic mass is 32.2. The van der Waals surface area contributed by atoms with Gasteiger partial charge in [-0.05, 0) is 48.6 Å². The van der Waals surface area contributed by atoms with Crippen molar-refractivity contribution in [3.63, 3.8) is 0 Å². The van der Waals surface area contributed by atoms with E-state index in [0.29, 0.717) is 34.6 Å². The number of sulfonamides is 1. The van der Waals surface area contributed by atoms with Crippen LogP contribution in [0, 0.1) is 4.77 Å². The van der Waals surface area contributed by atoms with Crippen molar-refractivity contribution in [1.29, 1.82) is 0 Å². The Morgan fingerprint density at radius 3 is 2.60 bits per heavy atom. The van der Waals surface area contributed by atoms with E-state index < -0.39 is 10.0 Å². The second-order valence-electron chi connectivity index (χ2n) is 6.62. The third-order valence-electron chi connectivity index (χ3n) is 4.65. The fourth-order valence-corrected chi connectivity index (χ4v) is 4.36. The van der Waals surface area contributed by atoms with E-state index in [9.17, 15) is 13.2 Å². The van der Waals surface area contributed by atoms with Crippen molar-refractivity contribution in [3.8, 4) is 0 Å². The molecule has 0 unspecified atom stereocenters. The summed E-state index contributed by atoms with van der Waals surface area (Å²) in [7, 11) is -1.87. The first-order chi connectivity index (χ1) is 14.3. The van der Waals surface area contributed by atoms with Gasteiger partial charge >= 0.3 is 0 Å². The van der Waals surface area contributed by atoms with Crippen LogP contribution in [0.15, 0.2) is 57.8 Å². The first-order valence-corrected chi connectivity index (χ1v) is 10.9. The van der Waals surface area contributed by atoms with Gasteiger partial charge in [0.15, 0.2) is 10.6 Å². The quantitative estimate of drug-likeness (QED) is 0.520. The van der Waals surface area contributed by atoms with E-state index in [0.717, 1.165) is 5.82 Å². The van der Waals surface area contributed by atoms with E-state index in [-0.39, 0.29) is 16.6 Å². The molecule has 1 aromatic heterocycles. The number of amides is 1. The van der Waals surface area contributed by atoms with Gasteiger partial charge in [0.25, 0.3) is 15.9 Å². The molecular weight excluding hydrogens is 424 g/mol. The Morgan fingerprint density at radius 2 is 1.90 bits per heavy atom. The number of fused-ring (bicyclic) bond motifs is 1. The van der Waals surface area contributed by atoms with Gasteiger partial charge in [-0.25, -0.2) is 0 Å². The number of aromatic amines is 1. The number of rotatable bonds is 5. The Labute approximate surface area is 177 Å². The van der Waals surface area contributed by atoms with E-state index >= 15 is 0 Å². The van der Waals surface area contributed by atoms with Crippen LogP contribution in [0.5, 0.6) is 0 Å². The van der Waals surface area contributed by atoms with E-state index in [4.69, 9.17) is 12.2 Å². The Morgan fingerprint density at radius 1 is 1.17 bits per heavy atom. The van der Waals surface area contributed by atoms with Crippen molar-refractivity contribution < 1.29 is 13.2 Å². The fraction of sp³-hybridized carbons (Fsp3) is 0.158. The van der Waals surface area contributed by atoms with Gasteiger partial charge in [-0.1, -0.05) is 12.1 Å². The molecule has 9 nitrogen and oxygen atoms in total. The molecule has 0 saturated heterocycles. The second-order valence-corrected chi connectivity index (χ2v) is 8.58. The molecule has 2 aromatic carbocycles. The molecule has 154 valence electrons. The molecule has 0 spiro atoms. The molecule has 0 aliphatic carbocycles. The van der Waals surface area contributed by atoms with Crippen molar-refractivity contribution in [2.75, 3.05) is 11.9 Å². The number of nitrogens with one attached hydrogen (secondary N) is 3. The average molecular weight is 443 g/mol. The second kappa shape index (κ2) is 7.84. The van der Waals surface area contributed by atoms with Gasteiger partial charge in [-0.3, -0.25) is 9.89 Å². The van der Waals surface area contributed by atoms with Gasteiger partial charge in [0.2, 0.25) is 0 Å². The van der Waals surface area contributed by atoms with Crippen molar-refractivity contribution in [2.45, 2.75) is 11.3 Å². The van der Waals surface area contributed by atoms with Crippen LogP contribution in [0.1, 0.15) is 21.7 Å². The number of hydrogen-bond acceptors (Lipinski definition) is 6. The highest BCUT2D eigenvalue weighted by molar-refractivity contribution is 7.90. The topological polar surface area (TPSA) is 121 Å². The van der Waals surface area contributed by atoms with Crippen LogP contribution in [0.3, 0.4) is 0 Å². The van der Waals surface area contributed by atoms with Crippen LogP contribution in [0.2, 0.25) is 0 Å². The highest BCUT2D eigenvalue weighted by Gasteiger charge is 2.28. The van der Waals surface area contributed by atoms with Crippen molar-refractivity contribution in [3.05, 3.63) is 70.3 Å². The minimum absolute atomic E-state index is 0.178. The minimum atomic E-state index is -3.69. The summed E-state index contributed by atoms with van der Waals surface area (Å²) >= 11 is 5.06. The predicted molar refractivity (Wildman–Crippen MR) is 115 cm³/mol. The molecule has 0 radical (unpaired) electrons. The largest absolute Gasteiger partial charge is 0.352 e. The Bertz CT molecular complexity index is 1310. The molecule has 3 aromatic rings. The number of amidine groups is 1. The number of nitrogens with zero attached hydrogens (tertiary/aromatic N) is 3. The Kier molecular flexibility index (Phi) is 5.22. The lowest BCUT2D eigenvalue weighted by Gasteiger charge is -2.08.